The Balaban J connectivity index is 1.60. The number of rotatable bonds is 10. The van der Waals surface area contributed by atoms with E-state index in [9.17, 15) is 9.59 Å². The van der Waals surface area contributed by atoms with Crippen LogP contribution in [-0.2, 0) is 12.8 Å². The molecule has 0 aliphatic rings. The summed E-state index contributed by atoms with van der Waals surface area (Å²) < 4.78 is 0. The van der Waals surface area contributed by atoms with Crippen molar-refractivity contribution in [2.24, 2.45) is 0 Å². The first-order valence-electron chi connectivity index (χ1n) is 11.4. The van der Waals surface area contributed by atoms with Crippen LogP contribution in [0.2, 0.25) is 0 Å². The third kappa shape index (κ3) is 6.77. The minimum Gasteiger partial charge on any atom is -0.306 e. The molecule has 3 rings (SSSR count). The van der Waals surface area contributed by atoms with E-state index in [-0.39, 0.29) is 11.8 Å². The number of anilines is 2. The molecule has 1 aromatic heterocycles. The number of carbonyl (C=O) groups is 2. The van der Waals surface area contributed by atoms with Gasteiger partial charge in [0.2, 0.25) is 0 Å². The Labute approximate surface area is 190 Å². The zero-order valence-electron chi connectivity index (χ0n) is 18.9. The molecule has 0 radical (unpaired) electrons. The summed E-state index contributed by atoms with van der Waals surface area (Å²) in [6.45, 7) is 4.32. The van der Waals surface area contributed by atoms with Crippen LogP contribution in [-0.4, -0.2) is 16.8 Å². The van der Waals surface area contributed by atoms with E-state index < -0.39 is 0 Å². The molecule has 166 valence electrons. The fourth-order valence-electron chi connectivity index (χ4n) is 3.36. The van der Waals surface area contributed by atoms with Crippen molar-refractivity contribution in [3.05, 3.63) is 89.0 Å². The monoisotopic (exact) mass is 429 g/mol. The van der Waals surface area contributed by atoms with Gasteiger partial charge in [-0.2, -0.15) is 0 Å². The Bertz CT molecular complexity index is 947. The van der Waals surface area contributed by atoms with Crippen molar-refractivity contribution < 1.29 is 9.59 Å². The van der Waals surface area contributed by atoms with Crippen LogP contribution in [0.25, 0.3) is 0 Å². The molecular weight excluding hydrogens is 398 g/mol. The van der Waals surface area contributed by atoms with Gasteiger partial charge < -0.3 is 10.6 Å². The summed E-state index contributed by atoms with van der Waals surface area (Å²) in [7, 11) is 0. The van der Waals surface area contributed by atoms with E-state index in [1.807, 2.05) is 48.5 Å². The maximum atomic E-state index is 12.6. The van der Waals surface area contributed by atoms with Crippen LogP contribution in [0.4, 0.5) is 11.6 Å². The maximum absolute atomic E-state index is 12.6. The molecule has 0 saturated heterocycles. The van der Waals surface area contributed by atoms with Crippen LogP contribution in [0.5, 0.6) is 0 Å². The second-order valence-corrected chi connectivity index (χ2v) is 7.92. The van der Waals surface area contributed by atoms with E-state index in [4.69, 9.17) is 0 Å². The van der Waals surface area contributed by atoms with Gasteiger partial charge in [0, 0.05) is 11.1 Å². The first kappa shape index (κ1) is 23.2. The second-order valence-electron chi connectivity index (χ2n) is 7.92. The molecule has 0 saturated carbocycles. The van der Waals surface area contributed by atoms with Crippen molar-refractivity contribution in [2.45, 2.75) is 52.4 Å². The quantitative estimate of drug-likeness (QED) is 0.399. The second kappa shape index (κ2) is 11.8. The summed E-state index contributed by atoms with van der Waals surface area (Å²) >= 11 is 0. The average molecular weight is 430 g/mol. The predicted molar refractivity (Wildman–Crippen MR) is 130 cm³/mol. The van der Waals surface area contributed by atoms with Gasteiger partial charge in [0.15, 0.2) is 0 Å². The Morgan fingerprint density at radius 1 is 0.656 bits per heavy atom. The molecule has 1 heterocycles. The summed E-state index contributed by atoms with van der Waals surface area (Å²) in [6.07, 6.45) is 6.59. The highest BCUT2D eigenvalue weighted by Crippen LogP contribution is 2.14. The minimum atomic E-state index is -0.231. The molecule has 0 fully saturated rings. The first-order chi connectivity index (χ1) is 15.6. The van der Waals surface area contributed by atoms with Crippen LogP contribution < -0.4 is 10.6 Å². The van der Waals surface area contributed by atoms with Gasteiger partial charge in [-0.1, -0.05) is 57.0 Å². The van der Waals surface area contributed by atoms with Crippen LogP contribution in [0.1, 0.15) is 71.4 Å². The van der Waals surface area contributed by atoms with E-state index in [1.54, 1.807) is 18.2 Å². The lowest BCUT2D eigenvalue weighted by molar-refractivity contribution is 0.101. The normalized spacial score (nSPS) is 10.6. The Hall–Kier alpha value is -3.47. The molecule has 5 nitrogen and oxygen atoms in total. The first-order valence-corrected chi connectivity index (χ1v) is 11.4. The van der Waals surface area contributed by atoms with Gasteiger partial charge in [0.1, 0.15) is 11.6 Å². The molecule has 5 heteroatoms. The van der Waals surface area contributed by atoms with E-state index >= 15 is 0 Å². The molecule has 3 aromatic rings. The number of unbranched alkanes of at least 4 members (excludes halogenated alkanes) is 2. The number of aromatic nitrogens is 1. The predicted octanol–water partition coefficient (Wildman–Crippen LogP) is 6.27. The Kier molecular flexibility index (Phi) is 8.55. The van der Waals surface area contributed by atoms with Crippen LogP contribution in [0.15, 0.2) is 66.7 Å². The SMILES string of the molecule is CCCCc1ccc(C(=O)Nc2cccc(NC(=O)c3ccc(CCCC)cc3)n2)cc1. The molecule has 0 atom stereocenters. The summed E-state index contributed by atoms with van der Waals surface area (Å²) in [6, 6.07) is 20.4. The maximum Gasteiger partial charge on any atom is 0.256 e. The lowest BCUT2D eigenvalue weighted by atomic mass is 10.1. The summed E-state index contributed by atoms with van der Waals surface area (Å²) in [4.78, 5) is 29.5. The van der Waals surface area contributed by atoms with Crippen LogP contribution in [0, 0.1) is 0 Å². The Morgan fingerprint density at radius 2 is 1.06 bits per heavy atom. The van der Waals surface area contributed by atoms with E-state index in [1.165, 1.54) is 11.1 Å². The smallest absolute Gasteiger partial charge is 0.256 e. The number of pyridine rings is 1. The van der Waals surface area contributed by atoms with Crippen molar-refractivity contribution in [2.75, 3.05) is 10.6 Å². The summed E-state index contributed by atoms with van der Waals surface area (Å²) in [5.74, 6) is 0.312. The topological polar surface area (TPSA) is 71.1 Å². The largest absolute Gasteiger partial charge is 0.306 e. The van der Waals surface area contributed by atoms with Gasteiger partial charge in [0.05, 0.1) is 0 Å². The molecule has 0 aliphatic heterocycles. The fourth-order valence-corrected chi connectivity index (χ4v) is 3.36. The molecule has 2 amide bonds. The molecule has 2 aromatic carbocycles. The van der Waals surface area contributed by atoms with Gasteiger partial charge in [-0.15, -0.1) is 0 Å². The van der Waals surface area contributed by atoms with Crippen molar-refractivity contribution in [3.8, 4) is 0 Å². The lowest BCUT2D eigenvalue weighted by Gasteiger charge is -2.09. The fraction of sp³-hybridized carbons (Fsp3) is 0.296. The van der Waals surface area contributed by atoms with Gasteiger partial charge in [-0.05, 0) is 73.2 Å². The van der Waals surface area contributed by atoms with Gasteiger partial charge in [0.25, 0.3) is 11.8 Å². The third-order valence-electron chi connectivity index (χ3n) is 5.30. The number of amides is 2. The average Bonchev–Trinajstić information content (AvgIpc) is 2.82. The van der Waals surface area contributed by atoms with Crippen molar-refractivity contribution in [1.82, 2.24) is 4.98 Å². The summed E-state index contributed by atoms with van der Waals surface area (Å²) in [5, 5.41) is 5.60. The number of carbonyl (C=O) groups excluding carboxylic acids is 2. The number of nitrogens with zero attached hydrogens (tertiary/aromatic N) is 1. The van der Waals surface area contributed by atoms with Crippen LogP contribution >= 0.6 is 0 Å². The van der Waals surface area contributed by atoms with Crippen LogP contribution in [0.3, 0.4) is 0 Å². The number of hydrogen-bond acceptors (Lipinski definition) is 3. The molecule has 2 N–H and O–H groups in total. The number of hydrogen-bond donors (Lipinski definition) is 2. The molecule has 0 spiro atoms. The molecule has 0 bridgehead atoms. The van der Waals surface area contributed by atoms with E-state index in [0.717, 1.165) is 38.5 Å². The molecular formula is C27H31N3O2. The van der Waals surface area contributed by atoms with E-state index in [0.29, 0.717) is 22.8 Å². The molecule has 32 heavy (non-hydrogen) atoms. The third-order valence-corrected chi connectivity index (χ3v) is 5.30. The highest BCUT2D eigenvalue weighted by Gasteiger charge is 2.10. The lowest BCUT2D eigenvalue weighted by Crippen LogP contribution is -2.16. The van der Waals surface area contributed by atoms with Crippen molar-refractivity contribution in [1.29, 1.82) is 0 Å². The van der Waals surface area contributed by atoms with Gasteiger partial charge in [-0.3, -0.25) is 9.59 Å². The van der Waals surface area contributed by atoms with Gasteiger partial charge >= 0.3 is 0 Å². The Morgan fingerprint density at radius 3 is 1.44 bits per heavy atom. The minimum absolute atomic E-state index is 0.231. The zero-order chi connectivity index (χ0) is 22.8. The van der Waals surface area contributed by atoms with Gasteiger partial charge in [-0.25, -0.2) is 4.98 Å². The molecule has 0 unspecified atom stereocenters. The number of aryl methyl sites for hydroxylation is 2. The standard InChI is InChI=1S/C27H31N3O2/c1-3-5-8-20-12-16-22(17-13-20)26(31)29-24-10-7-11-25(28-24)30-27(32)23-18-14-21(15-19-23)9-6-4-2/h7,10-19H,3-6,8-9H2,1-2H3,(H2,28,29,30,31,32). The van der Waals surface area contributed by atoms with E-state index in [2.05, 4.69) is 29.5 Å². The number of benzene rings is 2. The van der Waals surface area contributed by atoms with Crippen molar-refractivity contribution in [3.63, 3.8) is 0 Å². The summed E-state index contributed by atoms with van der Waals surface area (Å²) in [5.41, 5.74) is 3.60. The zero-order valence-corrected chi connectivity index (χ0v) is 18.9. The molecule has 0 aliphatic carbocycles. The van der Waals surface area contributed by atoms with Crippen molar-refractivity contribution >= 4 is 23.5 Å². The highest BCUT2D eigenvalue weighted by molar-refractivity contribution is 6.05. The highest BCUT2D eigenvalue weighted by atomic mass is 16.2. The number of nitrogens with one attached hydrogen (secondary N) is 2.